The number of carbonyl (C=O) groups excluding carboxylic acids is 1. The third-order valence-corrected chi connectivity index (χ3v) is 2.40. The maximum atomic E-state index is 12.9. The van der Waals surface area contributed by atoms with Crippen LogP contribution in [0.15, 0.2) is 18.2 Å². The van der Waals surface area contributed by atoms with Crippen molar-refractivity contribution in [1.29, 1.82) is 0 Å². The second-order valence-corrected chi connectivity index (χ2v) is 4.18. The number of carbonyl (C=O) groups is 2. The summed E-state index contributed by atoms with van der Waals surface area (Å²) in [6.07, 6.45) is 0. The molecule has 0 fully saturated rings. The molecule has 0 spiro atoms. The summed E-state index contributed by atoms with van der Waals surface area (Å²) < 4.78 is 25.6. The van der Waals surface area contributed by atoms with Crippen LogP contribution in [-0.4, -0.2) is 17.0 Å². The molecule has 0 aliphatic heterocycles. The largest absolute Gasteiger partial charge is 0.481 e. The van der Waals surface area contributed by atoms with Gasteiger partial charge in [0, 0.05) is 11.8 Å². The van der Waals surface area contributed by atoms with Crippen molar-refractivity contribution >= 4 is 17.6 Å². The fourth-order valence-electron chi connectivity index (χ4n) is 1.49. The van der Waals surface area contributed by atoms with Gasteiger partial charge in [-0.3, -0.25) is 9.59 Å². The zero-order valence-corrected chi connectivity index (χ0v) is 9.91. The van der Waals surface area contributed by atoms with Crippen LogP contribution in [0.2, 0.25) is 0 Å². The molecular weight excluding hydrogens is 244 g/mol. The van der Waals surface area contributed by atoms with E-state index in [1.165, 1.54) is 0 Å². The molecule has 1 amide bonds. The molecule has 4 nitrogen and oxygen atoms in total. The molecule has 0 aliphatic rings. The van der Waals surface area contributed by atoms with Crippen LogP contribution in [0, 0.1) is 23.5 Å². The first-order valence-corrected chi connectivity index (χ1v) is 5.31. The maximum Gasteiger partial charge on any atom is 0.316 e. The van der Waals surface area contributed by atoms with E-state index >= 15 is 0 Å². The number of hydrogen-bond donors (Lipinski definition) is 2. The Hall–Kier alpha value is -1.98. The van der Waals surface area contributed by atoms with E-state index in [-0.39, 0.29) is 5.69 Å². The van der Waals surface area contributed by atoms with E-state index in [2.05, 4.69) is 5.32 Å². The molecule has 0 heterocycles. The molecule has 1 atom stereocenters. The van der Waals surface area contributed by atoms with Crippen molar-refractivity contribution in [3.63, 3.8) is 0 Å². The SMILES string of the molecule is CC(C)C(C(=O)O)C(=O)Nc1ccc(F)c(F)c1. The number of aliphatic carboxylic acids is 1. The standard InChI is InChI=1S/C12H13F2NO3/c1-6(2)10(12(17)18)11(16)15-7-3-4-8(13)9(14)5-7/h3-6,10H,1-2H3,(H,15,16)(H,17,18). The van der Waals surface area contributed by atoms with Crippen molar-refractivity contribution in [2.75, 3.05) is 5.32 Å². The molecular formula is C12H13F2NO3. The quantitative estimate of drug-likeness (QED) is 0.813. The molecule has 0 radical (unpaired) electrons. The lowest BCUT2D eigenvalue weighted by atomic mass is 9.95. The van der Waals surface area contributed by atoms with E-state index in [4.69, 9.17) is 5.11 Å². The van der Waals surface area contributed by atoms with E-state index in [1.54, 1.807) is 13.8 Å². The topological polar surface area (TPSA) is 66.4 Å². The lowest BCUT2D eigenvalue weighted by Gasteiger charge is -2.15. The van der Waals surface area contributed by atoms with Crippen LogP contribution in [0.25, 0.3) is 0 Å². The third-order valence-electron chi connectivity index (χ3n) is 2.40. The first-order chi connectivity index (χ1) is 8.32. The second kappa shape index (κ2) is 5.57. The zero-order valence-electron chi connectivity index (χ0n) is 9.91. The number of rotatable bonds is 4. The molecule has 1 unspecified atom stereocenters. The number of hydrogen-bond acceptors (Lipinski definition) is 2. The number of carboxylic acid groups (broad SMARTS) is 1. The van der Waals surface area contributed by atoms with Crippen molar-refractivity contribution in [2.24, 2.45) is 11.8 Å². The minimum absolute atomic E-state index is 0.0193. The Morgan fingerprint density at radius 2 is 1.83 bits per heavy atom. The Labute approximate surface area is 103 Å². The minimum Gasteiger partial charge on any atom is -0.481 e. The first kappa shape index (κ1) is 14.1. The van der Waals surface area contributed by atoms with Crippen molar-refractivity contribution in [3.05, 3.63) is 29.8 Å². The Morgan fingerprint density at radius 3 is 2.28 bits per heavy atom. The van der Waals surface area contributed by atoms with Crippen LogP contribution in [0.1, 0.15) is 13.8 Å². The Kier molecular flexibility index (Phi) is 4.36. The number of benzene rings is 1. The van der Waals surface area contributed by atoms with Crippen LogP contribution < -0.4 is 5.32 Å². The van der Waals surface area contributed by atoms with Crippen molar-refractivity contribution in [3.8, 4) is 0 Å². The number of carboxylic acids is 1. The highest BCUT2D eigenvalue weighted by molar-refractivity contribution is 6.04. The lowest BCUT2D eigenvalue weighted by molar-refractivity contribution is -0.147. The highest BCUT2D eigenvalue weighted by atomic mass is 19.2. The highest BCUT2D eigenvalue weighted by Gasteiger charge is 2.29. The van der Waals surface area contributed by atoms with E-state index in [1.807, 2.05) is 0 Å². The zero-order chi connectivity index (χ0) is 13.9. The average molecular weight is 257 g/mol. The van der Waals surface area contributed by atoms with Crippen molar-refractivity contribution in [2.45, 2.75) is 13.8 Å². The summed E-state index contributed by atoms with van der Waals surface area (Å²) >= 11 is 0. The summed E-state index contributed by atoms with van der Waals surface area (Å²) in [5, 5.41) is 11.1. The summed E-state index contributed by atoms with van der Waals surface area (Å²) in [5.41, 5.74) is 0.0193. The molecule has 0 aromatic heterocycles. The summed E-state index contributed by atoms with van der Waals surface area (Å²) in [5.74, 6) is -5.81. The normalized spacial score (nSPS) is 12.3. The van der Waals surface area contributed by atoms with E-state index in [9.17, 15) is 18.4 Å². The molecule has 1 aromatic rings. The van der Waals surface area contributed by atoms with Crippen molar-refractivity contribution in [1.82, 2.24) is 0 Å². The molecule has 1 aromatic carbocycles. The van der Waals surface area contributed by atoms with Gasteiger partial charge >= 0.3 is 5.97 Å². The van der Waals surface area contributed by atoms with Crippen LogP contribution in [0.4, 0.5) is 14.5 Å². The highest BCUT2D eigenvalue weighted by Crippen LogP contribution is 2.17. The molecule has 0 aliphatic carbocycles. The van der Waals surface area contributed by atoms with Gasteiger partial charge in [-0.05, 0) is 18.1 Å². The number of amides is 1. The molecule has 98 valence electrons. The fourth-order valence-corrected chi connectivity index (χ4v) is 1.49. The first-order valence-electron chi connectivity index (χ1n) is 5.31. The number of halogens is 2. The summed E-state index contributed by atoms with van der Waals surface area (Å²) in [4.78, 5) is 22.6. The summed E-state index contributed by atoms with van der Waals surface area (Å²) in [7, 11) is 0. The van der Waals surface area contributed by atoms with Gasteiger partial charge in [0.05, 0.1) is 0 Å². The monoisotopic (exact) mass is 257 g/mol. The molecule has 2 N–H and O–H groups in total. The van der Waals surface area contributed by atoms with E-state index < -0.39 is 35.3 Å². The third kappa shape index (κ3) is 3.26. The molecule has 0 bridgehead atoms. The predicted octanol–water partition coefficient (Wildman–Crippen LogP) is 2.26. The van der Waals surface area contributed by atoms with Gasteiger partial charge in [-0.1, -0.05) is 13.8 Å². The molecule has 18 heavy (non-hydrogen) atoms. The Balaban J connectivity index is 2.86. The van der Waals surface area contributed by atoms with Crippen molar-refractivity contribution < 1.29 is 23.5 Å². The second-order valence-electron chi connectivity index (χ2n) is 4.18. The van der Waals surface area contributed by atoms with Crippen LogP contribution in [0.3, 0.4) is 0 Å². The van der Waals surface area contributed by atoms with E-state index in [0.29, 0.717) is 0 Å². The van der Waals surface area contributed by atoms with Crippen LogP contribution >= 0.6 is 0 Å². The molecule has 1 rings (SSSR count). The summed E-state index contributed by atoms with van der Waals surface area (Å²) in [6, 6.07) is 2.82. The lowest BCUT2D eigenvalue weighted by Crippen LogP contribution is -2.33. The van der Waals surface area contributed by atoms with Gasteiger partial charge in [-0.2, -0.15) is 0 Å². The Morgan fingerprint density at radius 1 is 1.22 bits per heavy atom. The summed E-state index contributed by atoms with van der Waals surface area (Å²) in [6.45, 7) is 3.17. The van der Waals surface area contributed by atoms with Gasteiger partial charge in [-0.15, -0.1) is 0 Å². The van der Waals surface area contributed by atoms with Gasteiger partial charge in [0.1, 0.15) is 5.92 Å². The predicted molar refractivity (Wildman–Crippen MR) is 61.0 cm³/mol. The molecule has 0 saturated heterocycles. The number of anilines is 1. The van der Waals surface area contributed by atoms with Gasteiger partial charge in [0.15, 0.2) is 11.6 Å². The van der Waals surface area contributed by atoms with E-state index in [0.717, 1.165) is 18.2 Å². The maximum absolute atomic E-state index is 12.9. The number of nitrogens with one attached hydrogen (secondary N) is 1. The molecule has 6 heteroatoms. The van der Waals surface area contributed by atoms with Crippen LogP contribution in [-0.2, 0) is 9.59 Å². The minimum atomic E-state index is -1.26. The smallest absolute Gasteiger partial charge is 0.316 e. The Bertz CT molecular complexity index is 474. The van der Waals surface area contributed by atoms with Gasteiger partial charge in [0.2, 0.25) is 5.91 Å². The fraction of sp³-hybridized carbons (Fsp3) is 0.333. The van der Waals surface area contributed by atoms with Gasteiger partial charge in [-0.25, -0.2) is 8.78 Å². The average Bonchev–Trinajstić information content (AvgIpc) is 2.22. The molecule has 0 saturated carbocycles. The van der Waals surface area contributed by atoms with Crippen LogP contribution in [0.5, 0.6) is 0 Å². The van der Waals surface area contributed by atoms with Gasteiger partial charge in [0.25, 0.3) is 0 Å². The van der Waals surface area contributed by atoms with Gasteiger partial charge < -0.3 is 10.4 Å².